The molecule has 0 radical (unpaired) electrons. The summed E-state index contributed by atoms with van der Waals surface area (Å²) in [4.78, 5) is 24.5. The number of halogens is 2. The van der Waals surface area contributed by atoms with Crippen molar-refractivity contribution in [3.63, 3.8) is 0 Å². The fraction of sp³-hybridized carbons (Fsp3) is 0.375. The molecule has 0 spiro atoms. The van der Waals surface area contributed by atoms with Crippen molar-refractivity contribution in [2.24, 2.45) is 0 Å². The van der Waals surface area contributed by atoms with Crippen LogP contribution in [-0.2, 0) is 9.53 Å². The van der Waals surface area contributed by atoms with Crippen LogP contribution >= 0.6 is 15.9 Å². The number of Topliss-reactive ketones (excluding diaryl/α,β-unsaturated/α-hetero) is 1. The molecule has 0 aromatic heterocycles. The lowest BCUT2D eigenvalue weighted by Gasteiger charge is -2.10. The van der Waals surface area contributed by atoms with Gasteiger partial charge in [0.15, 0.2) is 0 Å². The summed E-state index contributed by atoms with van der Waals surface area (Å²) in [5.41, 5.74) is -0.00353. The van der Waals surface area contributed by atoms with E-state index in [0.29, 0.717) is 10.0 Å². The smallest absolute Gasteiger partial charge is 0.343 e. The van der Waals surface area contributed by atoms with Crippen molar-refractivity contribution in [2.75, 3.05) is 6.61 Å². The van der Waals surface area contributed by atoms with Gasteiger partial charge in [0.1, 0.15) is 11.4 Å². The molecular formula is C16H17BrFNO3. The van der Waals surface area contributed by atoms with E-state index in [1.54, 1.807) is 19.9 Å². The van der Waals surface area contributed by atoms with E-state index < -0.39 is 17.6 Å². The number of ether oxygens (including phenoxy) is 1. The third-order valence-corrected chi connectivity index (χ3v) is 4.20. The zero-order chi connectivity index (χ0) is 16.3. The first-order valence-electron chi connectivity index (χ1n) is 7.08. The largest absolute Gasteiger partial charge is 0.462 e. The molecule has 118 valence electrons. The Morgan fingerprint density at radius 3 is 2.73 bits per heavy atom. The number of esters is 1. The van der Waals surface area contributed by atoms with Gasteiger partial charge in [-0.2, -0.15) is 0 Å². The van der Waals surface area contributed by atoms with E-state index in [2.05, 4.69) is 21.2 Å². The first-order valence-corrected chi connectivity index (χ1v) is 7.87. The summed E-state index contributed by atoms with van der Waals surface area (Å²) in [5, 5.41) is 2.98. The van der Waals surface area contributed by atoms with Crippen LogP contribution in [0.15, 0.2) is 28.4 Å². The van der Waals surface area contributed by atoms with Crippen molar-refractivity contribution >= 4 is 27.7 Å². The van der Waals surface area contributed by atoms with Gasteiger partial charge in [-0.15, -0.1) is 0 Å². The van der Waals surface area contributed by atoms with Crippen LogP contribution in [0.1, 0.15) is 35.7 Å². The monoisotopic (exact) mass is 369 g/mol. The Hall–Kier alpha value is -1.69. The summed E-state index contributed by atoms with van der Waals surface area (Å²) in [6.07, 6.45) is 3.33. The molecule has 0 aliphatic heterocycles. The Balaban J connectivity index is 2.34. The number of hydrogen-bond donors (Lipinski definition) is 1. The maximum Gasteiger partial charge on any atom is 0.343 e. The molecule has 1 N–H and O–H groups in total. The predicted octanol–water partition coefficient (Wildman–Crippen LogP) is 3.28. The average Bonchev–Trinajstić information content (AvgIpc) is 3.29. The van der Waals surface area contributed by atoms with E-state index in [1.807, 2.05) is 0 Å². The molecule has 22 heavy (non-hydrogen) atoms. The summed E-state index contributed by atoms with van der Waals surface area (Å²) in [7, 11) is 0. The van der Waals surface area contributed by atoms with Crippen LogP contribution in [-0.4, -0.2) is 24.4 Å². The molecular weight excluding hydrogens is 353 g/mol. The summed E-state index contributed by atoms with van der Waals surface area (Å²) < 4.78 is 19.7. The van der Waals surface area contributed by atoms with Gasteiger partial charge in [0.25, 0.3) is 0 Å². The molecule has 0 unspecified atom stereocenters. The first-order chi connectivity index (χ1) is 10.5. The number of hydrogen-bond acceptors (Lipinski definition) is 4. The van der Waals surface area contributed by atoms with Crippen LogP contribution in [0.5, 0.6) is 0 Å². The van der Waals surface area contributed by atoms with Crippen LogP contribution in [0, 0.1) is 12.7 Å². The second kappa shape index (κ2) is 7.05. The molecule has 1 aromatic carbocycles. The Bertz CT molecular complexity index is 639. The fourth-order valence-electron chi connectivity index (χ4n) is 1.86. The molecule has 1 aliphatic carbocycles. The third kappa shape index (κ3) is 3.74. The third-order valence-electron chi connectivity index (χ3n) is 3.35. The van der Waals surface area contributed by atoms with Crippen LogP contribution in [0.2, 0.25) is 0 Å². The van der Waals surface area contributed by atoms with Crippen molar-refractivity contribution in [3.8, 4) is 0 Å². The number of carbonyl (C=O) groups excluding carboxylic acids is 2. The zero-order valence-corrected chi connectivity index (χ0v) is 14.0. The van der Waals surface area contributed by atoms with E-state index in [-0.39, 0.29) is 23.8 Å². The average molecular weight is 370 g/mol. The van der Waals surface area contributed by atoms with Gasteiger partial charge in [-0.1, -0.05) is 15.9 Å². The van der Waals surface area contributed by atoms with Crippen molar-refractivity contribution in [2.45, 2.75) is 32.7 Å². The molecule has 2 rings (SSSR count). The molecule has 0 atom stereocenters. The lowest BCUT2D eigenvalue weighted by Crippen LogP contribution is -2.21. The molecule has 1 aliphatic rings. The van der Waals surface area contributed by atoms with E-state index >= 15 is 0 Å². The summed E-state index contributed by atoms with van der Waals surface area (Å²) in [6, 6.07) is 3.22. The highest BCUT2D eigenvalue weighted by atomic mass is 79.9. The van der Waals surface area contributed by atoms with Gasteiger partial charge in [-0.25, -0.2) is 9.18 Å². The van der Waals surface area contributed by atoms with Crippen LogP contribution in [0.25, 0.3) is 0 Å². The van der Waals surface area contributed by atoms with Gasteiger partial charge in [0.2, 0.25) is 5.78 Å². The van der Waals surface area contributed by atoms with Crippen LogP contribution in [0.4, 0.5) is 4.39 Å². The quantitative estimate of drug-likeness (QED) is 0.275. The van der Waals surface area contributed by atoms with Crippen molar-refractivity contribution in [3.05, 3.63) is 45.3 Å². The van der Waals surface area contributed by atoms with E-state index in [1.165, 1.54) is 12.3 Å². The maximum atomic E-state index is 14.3. The zero-order valence-electron chi connectivity index (χ0n) is 12.4. The molecule has 1 aromatic rings. The predicted molar refractivity (Wildman–Crippen MR) is 84.0 cm³/mol. The number of ketones is 1. The maximum absolute atomic E-state index is 14.3. The Kier molecular flexibility index (Phi) is 5.34. The highest BCUT2D eigenvalue weighted by Gasteiger charge is 2.26. The minimum Gasteiger partial charge on any atom is -0.462 e. The molecule has 0 amide bonds. The highest BCUT2D eigenvalue weighted by molar-refractivity contribution is 9.10. The second-order valence-electron chi connectivity index (χ2n) is 5.08. The topological polar surface area (TPSA) is 55.4 Å². The molecule has 0 heterocycles. The SMILES string of the molecule is CCOC(=O)C(=CNC1CC1)C(=O)c1ccc(Br)c(C)c1F. The molecule has 0 bridgehead atoms. The minimum absolute atomic E-state index is 0.141. The molecule has 1 saturated carbocycles. The minimum atomic E-state index is -0.749. The summed E-state index contributed by atoms with van der Waals surface area (Å²) in [6.45, 7) is 3.36. The lowest BCUT2D eigenvalue weighted by molar-refractivity contribution is -0.138. The van der Waals surface area contributed by atoms with Crippen molar-refractivity contribution in [1.82, 2.24) is 5.32 Å². The molecule has 0 saturated heterocycles. The standard InChI is InChI=1S/C16H17BrFNO3/c1-3-22-16(21)12(8-19-10-4-5-10)15(20)11-6-7-13(17)9(2)14(11)18/h6-8,10,19H,3-5H2,1-2H3. The van der Waals surface area contributed by atoms with Gasteiger partial charge >= 0.3 is 5.97 Å². The first kappa shape index (κ1) is 16.7. The molecule has 1 fully saturated rings. The van der Waals surface area contributed by atoms with Gasteiger partial charge in [0, 0.05) is 16.7 Å². The van der Waals surface area contributed by atoms with E-state index in [4.69, 9.17) is 4.74 Å². The normalized spacial score (nSPS) is 14.6. The van der Waals surface area contributed by atoms with E-state index in [0.717, 1.165) is 12.8 Å². The lowest BCUT2D eigenvalue weighted by atomic mass is 10.0. The molecule has 6 heteroatoms. The number of nitrogens with one attached hydrogen (secondary N) is 1. The number of rotatable bonds is 6. The Morgan fingerprint density at radius 2 is 2.14 bits per heavy atom. The Morgan fingerprint density at radius 1 is 1.45 bits per heavy atom. The highest BCUT2D eigenvalue weighted by Crippen LogP contribution is 2.24. The number of benzene rings is 1. The van der Waals surface area contributed by atoms with E-state index in [9.17, 15) is 14.0 Å². The van der Waals surface area contributed by atoms with Gasteiger partial charge < -0.3 is 10.1 Å². The van der Waals surface area contributed by atoms with Crippen molar-refractivity contribution < 1.29 is 18.7 Å². The molecule has 4 nitrogen and oxygen atoms in total. The van der Waals surface area contributed by atoms with Gasteiger partial charge in [0.05, 0.1) is 12.2 Å². The summed E-state index contributed by atoms with van der Waals surface area (Å²) >= 11 is 3.21. The Labute approximate surface area is 136 Å². The second-order valence-corrected chi connectivity index (χ2v) is 5.94. The van der Waals surface area contributed by atoms with Crippen LogP contribution in [0.3, 0.4) is 0 Å². The fourth-order valence-corrected chi connectivity index (χ4v) is 2.17. The summed E-state index contributed by atoms with van der Waals surface area (Å²) in [5.74, 6) is -2.07. The van der Waals surface area contributed by atoms with Gasteiger partial charge in [-0.3, -0.25) is 4.79 Å². The van der Waals surface area contributed by atoms with Gasteiger partial charge in [-0.05, 0) is 44.4 Å². The van der Waals surface area contributed by atoms with Crippen molar-refractivity contribution in [1.29, 1.82) is 0 Å². The number of carbonyl (C=O) groups is 2. The van der Waals surface area contributed by atoms with Crippen LogP contribution < -0.4 is 5.32 Å².